The van der Waals surface area contributed by atoms with Gasteiger partial charge in [0.1, 0.15) is 0 Å². The lowest BCUT2D eigenvalue weighted by Crippen LogP contribution is -2.43. The molecule has 0 aliphatic heterocycles. The van der Waals surface area contributed by atoms with E-state index in [2.05, 4.69) is 21.2 Å². The zero-order chi connectivity index (χ0) is 12.1. The molecule has 88 valence electrons. The maximum Gasteiger partial charge on any atom is 0.256 e. The second-order valence-electron chi connectivity index (χ2n) is 3.33. The summed E-state index contributed by atoms with van der Waals surface area (Å²) in [7, 11) is 0. The second kappa shape index (κ2) is 6.00. The van der Waals surface area contributed by atoms with Crippen molar-refractivity contribution in [1.29, 1.82) is 0 Å². The largest absolute Gasteiger partial charge is 0.457 e. The number of nitrogens with two attached hydrogens (primary N) is 1. The molecule has 1 amide bonds. The lowest BCUT2D eigenvalue weighted by molar-refractivity contribution is 0.0944. The predicted molar refractivity (Wildman–Crippen MR) is 69.4 cm³/mol. The number of thiocarbonyl (C=S) groups is 1. The number of hydrogen-bond acceptors (Lipinski definition) is 3. The van der Waals surface area contributed by atoms with Gasteiger partial charge in [0, 0.05) is 0 Å². The van der Waals surface area contributed by atoms with E-state index in [-0.39, 0.29) is 11.9 Å². The standard InChI is InChI=1S/C10H13BrN2O2S/c1-2-3-7(9(12)16)13-10(14)6-4-5-15-8(6)11/h4-5,7H,2-3H2,1H3,(H2,12,16)(H,13,14). The van der Waals surface area contributed by atoms with E-state index in [0.717, 1.165) is 12.8 Å². The fraction of sp³-hybridized carbons (Fsp3) is 0.400. The molecule has 0 aromatic carbocycles. The first-order valence-corrected chi connectivity index (χ1v) is 6.09. The summed E-state index contributed by atoms with van der Waals surface area (Å²) in [4.78, 5) is 12.1. The Kier molecular flexibility index (Phi) is 4.95. The van der Waals surface area contributed by atoms with Gasteiger partial charge in [0.25, 0.3) is 5.91 Å². The lowest BCUT2D eigenvalue weighted by atomic mass is 10.1. The number of halogens is 1. The third-order valence-corrected chi connectivity index (χ3v) is 2.99. The highest BCUT2D eigenvalue weighted by Crippen LogP contribution is 2.17. The molecule has 0 saturated carbocycles. The molecule has 0 bridgehead atoms. The number of carbonyl (C=O) groups excluding carboxylic acids is 1. The second-order valence-corrected chi connectivity index (χ2v) is 4.52. The van der Waals surface area contributed by atoms with E-state index in [1.165, 1.54) is 6.26 Å². The Morgan fingerprint density at radius 2 is 2.44 bits per heavy atom. The molecule has 6 heteroatoms. The lowest BCUT2D eigenvalue weighted by Gasteiger charge is -2.15. The normalized spacial score (nSPS) is 12.1. The van der Waals surface area contributed by atoms with Crippen molar-refractivity contribution in [3.8, 4) is 0 Å². The van der Waals surface area contributed by atoms with Gasteiger partial charge in [0.05, 0.1) is 22.9 Å². The van der Waals surface area contributed by atoms with Crippen LogP contribution in [0.3, 0.4) is 0 Å². The molecule has 0 saturated heterocycles. The van der Waals surface area contributed by atoms with Gasteiger partial charge < -0.3 is 15.5 Å². The van der Waals surface area contributed by atoms with Crippen molar-refractivity contribution in [3.63, 3.8) is 0 Å². The molecule has 1 unspecified atom stereocenters. The summed E-state index contributed by atoms with van der Waals surface area (Å²) >= 11 is 8.03. The first-order valence-electron chi connectivity index (χ1n) is 4.89. The van der Waals surface area contributed by atoms with Crippen molar-refractivity contribution in [1.82, 2.24) is 5.32 Å². The van der Waals surface area contributed by atoms with E-state index in [0.29, 0.717) is 15.2 Å². The van der Waals surface area contributed by atoms with Gasteiger partial charge in [-0.3, -0.25) is 4.79 Å². The highest BCUT2D eigenvalue weighted by Gasteiger charge is 2.18. The molecule has 0 fully saturated rings. The van der Waals surface area contributed by atoms with Gasteiger partial charge in [-0.25, -0.2) is 0 Å². The van der Waals surface area contributed by atoms with Gasteiger partial charge >= 0.3 is 0 Å². The van der Waals surface area contributed by atoms with Crippen LogP contribution in [0.2, 0.25) is 0 Å². The van der Waals surface area contributed by atoms with Crippen molar-refractivity contribution in [2.45, 2.75) is 25.8 Å². The van der Waals surface area contributed by atoms with Crippen molar-refractivity contribution in [2.24, 2.45) is 5.73 Å². The molecule has 0 spiro atoms. The number of nitrogens with one attached hydrogen (secondary N) is 1. The molecule has 0 aliphatic carbocycles. The summed E-state index contributed by atoms with van der Waals surface area (Å²) in [5.41, 5.74) is 5.99. The monoisotopic (exact) mass is 304 g/mol. The molecule has 1 heterocycles. The molecule has 0 aliphatic rings. The fourth-order valence-electron chi connectivity index (χ4n) is 1.27. The van der Waals surface area contributed by atoms with E-state index in [4.69, 9.17) is 22.4 Å². The van der Waals surface area contributed by atoms with E-state index in [1.807, 2.05) is 6.92 Å². The highest BCUT2D eigenvalue weighted by atomic mass is 79.9. The summed E-state index contributed by atoms with van der Waals surface area (Å²) in [6.45, 7) is 2.01. The van der Waals surface area contributed by atoms with Gasteiger partial charge in [0.15, 0.2) is 4.67 Å². The van der Waals surface area contributed by atoms with Gasteiger partial charge in [0.2, 0.25) is 0 Å². The number of amides is 1. The smallest absolute Gasteiger partial charge is 0.256 e. The molecule has 1 rings (SSSR count). The van der Waals surface area contributed by atoms with Gasteiger partial charge in [-0.15, -0.1) is 0 Å². The van der Waals surface area contributed by atoms with E-state index >= 15 is 0 Å². The minimum absolute atomic E-state index is 0.244. The maximum absolute atomic E-state index is 11.8. The minimum Gasteiger partial charge on any atom is -0.457 e. The summed E-state index contributed by atoms with van der Waals surface area (Å²) in [5.74, 6) is -0.244. The van der Waals surface area contributed by atoms with Gasteiger partial charge in [-0.05, 0) is 28.4 Å². The quantitative estimate of drug-likeness (QED) is 0.819. The first-order chi connectivity index (χ1) is 7.56. The van der Waals surface area contributed by atoms with Crippen LogP contribution < -0.4 is 11.1 Å². The van der Waals surface area contributed by atoms with E-state index in [1.54, 1.807) is 6.07 Å². The molecular formula is C10H13BrN2O2S. The maximum atomic E-state index is 11.8. The Hall–Kier alpha value is -0.880. The van der Waals surface area contributed by atoms with Crippen molar-refractivity contribution in [2.75, 3.05) is 0 Å². The average Bonchev–Trinajstić information content (AvgIpc) is 2.63. The van der Waals surface area contributed by atoms with E-state index < -0.39 is 0 Å². The van der Waals surface area contributed by atoms with Crippen LogP contribution in [-0.2, 0) is 0 Å². The van der Waals surface area contributed by atoms with Crippen LogP contribution in [0.1, 0.15) is 30.1 Å². The molecule has 4 nitrogen and oxygen atoms in total. The molecule has 1 atom stereocenters. The van der Waals surface area contributed by atoms with Crippen LogP contribution in [0.5, 0.6) is 0 Å². The van der Waals surface area contributed by atoms with Crippen LogP contribution in [0.4, 0.5) is 0 Å². The summed E-state index contributed by atoms with van der Waals surface area (Å²) in [5, 5.41) is 2.77. The van der Waals surface area contributed by atoms with Crippen LogP contribution in [0.15, 0.2) is 21.4 Å². The molecule has 1 aromatic rings. The molecule has 1 aromatic heterocycles. The Bertz CT molecular complexity index is 392. The Morgan fingerprint density at radius 1 is 1.75 bits per heavy atom. The Morgan fingerprint density at radius 3 is 2.88 bits per heavy atom. The summed E-state index contributed by atoms with van der Waals surface area (Å²) in [6, 6.07) is 1.32. The minimum atomic E-state index is -0.269. The number of carbonyl (C=O) groups is 1. The Balaban J connectivity index is 2.69. The molecule has 16 heavy (non-hydrogen) atoms. The average molecular weight is 305 g/mol. The Labute approximate surface area is 108 Å². The van der Waals surface area contributed by atoms with Crippen LogP contribution in [0, 0.1) is 0 Å². The van der Waals surface area contributed by atoms with Crippen molar-refractivity contribution in [3.05, 3.63) is 22.6 Å². The zero-order valence-corrected chi connectivity index (χ0v) is 11.2. The third-order valence-electron chi connectivity index (χ3n) is 2.09. The number of hydrogen-bond donors (Lipinski definition) is 2. The molecular weight excluding hydrogens is 292 g/mol. The number of furan rings is 1. The van der Waals surface area contributed by atoms with E-state index in [9.17, 15) is 4.79 Å². The third kappa shape index (κ3) is 3.31. The highest BCUT2D eigenvalue weighted by molar-refractivity contribution is 9.10. The summed E-state index contributed by atoms with van der Waals surface area (Å²) in [6.07, 6.45) is 3.07. The zero-order valence-electron chi connectivity index (χ0n) is 8.83. The van der Waals surface area contributed by atoms with Crippen LogP contribution in [0.25, 0.3) is 0 Å². The van der Waals surface area contributed by atoms with Gasteiger partial charge in [-0.2, -0.15) is 0 Å². The van der Waals surface area contributed by atoms with Gasteiger partial charge in [-0.1, -0.05) is 25.6 Å². The topological polar surface area (TPSA) is 68.3 Å². The number of rotatable bonds is 5. The predicted octanol–water partition coefficient (Wildman–Crippen LogP) is 2.23. The SMILES string of the molecule is CCCC(NC(=O)c1ccoc1Br)C(N)=S. The van der Waals surface area contributed by atoms with Crippen molar-refractivity contribution >= 4 is 39.0 Å². The van der Waals surface area contributed by atoms with Crippen molar-refractivity contribution < 1.29 is 9.21 Å². The fourth-order valence-corrected chi connectivity index (χ4v) is 1.86. The van der Waals surface area contributed by atoms with Crippen LogP contribution >= 0.6 is 28.1 Å². The molecule has 0 radical (unpaired) electrons. The van der Waals surface area contributed by atoms with Crippen LogP contribution in [-0.4, -0.2) is 16.9 Å². The molecule has 3 N–H and O–H groups in total. The first kappa shape index (κ1) is 13.2. The summed E-state index contributed by atoms with van der Waals surface area (Å²) < 4.78 is 5.39.